The quantitative estimate of drug-likeness (QED) is 0.390. The van der Waals surface area contributed by atoms with Crippen molar-refractivity contribution in [2.75, 3.05) is 46.0 Å². The Morgan fingerprint density at radius 2 is 1.79 bits per heavy atom. The molecule has 0 aromatic heterocycles. The van der Waals surface area contributed by atoms with E-state index in [9.17, 15) is 9.59 Å². The zero-order valence-electron chi connectivity index (χ0n) is 23.7. The van der Waals surface area contributed by atoms with Gasteiger partial charge in [0.2, 0.25) is 5.91 Å². The fourth-order valence-electron chi connectivity index (χ4n) is 4.95. The third-order valence-electron chi connectivity index (χ3n) is 6.99. The van der Waals surface area contributed by atoms with Crippen LogP contribution >= 0.6 is 0 Å². The van der Waals surface area contributed by atoms with Crippen molar-refractivity contribution < 1.29 is 28.5 Å². The van der Waals surface area contributed by atoms with E-state index in [2.05, 4.69) is 10.2 Å². The Balaban J connectivity index is 1.47. The second-order valence-corrected chi connectivity index (χ2v) is 11.3. The van der Waals surface area contributed by atoms with E-state index >= 15 is 0 Å². The first-order valence-corrected chi connectivity index (χ1v) is 14.0. The minimum absolute atomic E-state index is 0.0256. The first kappa shape index (κ1) is 28.7. The number of nitrogens with one attached hydrogen (secondary N) is 1. The topological polar surface area (TPSA) is 86.3 Å². The van der Waals surface area contributed by atoms with Crippen LogP contribution < -0.4 is 19.5 Å². The minimum Gasteiger partial charge on any atom is -0.494 e. The van der Waals surface area contributed by atoms with E-state index in [1.807, 2.05) is 64.1 Å². The Kier molecular flexibility index (Phi) is 9.73. The predicted octanol–water partition coefficient (Wildman–Crippen LogP) is 4.76. The van der Waals surface area contributed by atoms with Crippen LogP contribution in [0.5, 0.6) is 17.2 Å². The molecule has 2 aliphatic heterocycles. The summed E-state index contributed by atoms with van der Waals surface area (Å²) in [6.07, 6.45) is 4.02. The molecular weight excluding hydrogens is 496 g/mol. The van der Waals surface area contributed by atoms with Gasteiger partial charge in [-0.3, -0.25) is 9.69 Å². The summed E-state index contributed by atoms with van der Waals surface area (Å²) in [5.41, 5.74) is 2.42. The van der Waals surface area contributed by atoms with Crippen LogP contribution in [-0.2, 0) is 14.3 Å². The van der Waals surface area contributed by atoms with Gasteiger partial charge in [0.25, 0.3) is 0 Å². The van der Waals surface area contributed by atoms with Crippen molar-refractivity contribution in [2.24, 2.45) is 5.92 Å². The number of hydrogen-bond donors (Lipinski definition) is 1. The number of hydrogen-bond acceptors (Lipinski definition) is 7. The number of carbonyl (C=O) groups is 2. The molecule has 2 fully saturated rings. The molecular formula is C31H42N2O6. The highest BCUT2D eigenvalue weighted by atomic mass is 16.6. The van der Waals surface area contributed by atoms with Gasteiger partial charge in [-0.05, 0) is 107 Å². The normalized spacial score (nSPS) is 17.6. The number of carbonyl (C=O) groups excluding carboxylic acids is 2. The van der Waals surface area contributed by atoms with Crippen LogP contribution in [0.25, 0.3) is 11.1 Å². The maximum Gasteiger partial charge on any atom is 0.344 e. The first-order chi connectivity index (χ1) is 18.7. The van der Waals surface area contributed by atoms with E-state index in [0.29, 0.717) is 31.1 Å². The van der Waals surface area contributed by atoms with Gasteiger partial charge in [0.15, 0.2) is 18.1 Å². The molecule has 8 nitrogen and oxygen atoms in total. The molecule has 1 unspecified atom stereocenters. The molecule has 0 bridgehead atoms. The highest BCUT2D eigenvalue weighted by molar-refractivity contribution is 5.80. The molecule has 2 aliphatic rings. The lowest BCUT2D eigenvalue weighted by Gasteiger charge is -2.20. The Hall–Kier alpha value is -3.26. The first-order valence-electron chi connectivity index (χ1n) is 14.0. The molecule has 2 aromatic rings. The van der Waals surface area contributed by atoms with Gasteiger partial charge in [0.05, 0.1) is 6.61 Å². The predicted molar refractivity (Wildman–Crippen MR) is 150 cm³/mol. The third kappa shape index (κ3) is 8.62. The molecule has 39 heavy (non-hydrogen) atoms. The van der Waals surface area contributed by atoms with Gasteiger partial charge in [-0.1, -0.05) is 12.1 Å². The molecule has 212 valence electrons. The number of aryl methyl sites for hydroxylation is 1. The number of benzene rings is 2. The average Bonchev–Trinajstić information content (AvgIpc) is 3.55. The third-order valence-corrected chi connectivity index (χ3v) is 6.99. The Morgan fingerprint density at radius 3 is 2.51 bits per heavy atom. The van der Waals surface area contributed by atoms with Crippen LogP contribution in [0, 0.1) is 12.8 Å². The van der Waals surface area contributed by atoms with Crippen LogP contribution in [0.3, 0.4) is 0 Å². The molecule has 4 rings (SSSR count). The lowest BCUT2D eigenvalue weighted by molar-refractivity contribution is -0.157. The Labute approximate surface area is 231 Å². The SMILES string of the molecule is Cc1ccc(OCCC2CCNC2=O)cc1-c1ccc(OCCN2CCCC2)c(OCC(=O)OC(C)(C)C)c1. The van der Waals surface area contributed by atoms with Crippen molar-refractivity contribution in [3.8, 4) is 28.4 Å². The number of ether oxygens (including phenoxy) is 4. The van der Waals surface area contributed by atoms with Crippen LogP contribution in [0.15, 0.2) is 36.4 Å². The second-order valence-electron chi connectivity index (χ2n) is 11.3. The van der Waals surface area contributed by atoms with Crippen molar-refractivity contribution >= 4 is 11.9 Å². The standard InChI is InChI=1S/C31H42N2O6/c1-22-7-9-25(36-17-12-23-11-13-32-30(23)35)20-26(22)24-8-10-27(37-18-16-33-14-5-6-15-33)28(19-24)38-21-29(34)39-31(2,3)4/h7-10,19-20,23H,5-6,11-18,21H2,1-4H3,(H,32,35). The molecule has 1 atom stereocenters. The van der Waals surface area contributed by atoms with Gasteiger partial charge in [-0.2, -0.15) is 0 Å². The van der Waals surface area contributed by atoms with Gasteiger partial charge < -0.3 is 24.3 Å². The number of rotatable bonds is 12. The van der Waals surface area contributed by atoms with Crippen molar-refractivity contribution in [3.05, 3.63) is 42.0 Å². The summed E-state index contributed by atoms with van der Waals surface area (Å²) in [7, 11) is 0. The molecule has 1 amide bonds. The van der Waals surface area contributed by atoms with Crippen LogP contribution in [0.2, 0.25) is 0 Å². The molecule has 2 aromatic carbocycles. The fourth-order valence-corrected chi connectivity index (χ4v) is 4.95. The highest BCUT2D eigenvalue weighted by Crippen LogP contribution is 2.36. The average molecular weight is 539 g/mol. The number of nitrogens with zero attached hydrogens (tertiary/aromatic N) is 1. The summed E-state index contributed by atoms with van der Waals surface area (Å²) in [5.74, 6) is 1.55. The lowest BCUT2D eigenvalue weighted by atomic mass is 9.99. The van der Waals surface area contributed by atoms with Gasteiger partial charge in [-0.25, -0.2) is 4.79 Å². The summed E-state index contributed by atoms with van der Waals surface area (Å²) >= 11 is 0. The summed E-state index contributed by atoms with van der Waals surface area (Å²) in [6.45, 7) is 12.2. The van der Waals surface area contributed by atoms with Crippen molar-refractivity contribution in [3.63, 3.8) is 0 Å². The molecule has 1 N–H and O–H groups in total. The van der Waals surface area contributed by atoms with Crippen molar-refractivity contribution in [1.29, 1.82) is 0 Å². The van der Waals surface area contributed by atoms with E-state index in [1.165, 1.54) is 12.8 Å². The molecule has 8 heteroatoms. The number of likely N-dealkylation sites (tertiary alicyclic amines) is 1. The van der Waals surface area contributed by atoms with Crippen LogP contribution in [0.4, 0.5) is 0 Å². The lowest BCUT2D eigenvalue weighted by Crippen LogP contribution is -2.27. The van der Waals surface area contributed by atoms with Crippen LogP contribution in [-0.4, -0.2) is 68.4 Å². The molecule has 0 radical (unpaired) electrons. The van der Waals surface area contributed by atoms with Gasteiger partial charge in [0.1, 0.15) is 18.0 Å². The van der Waals surface area contributed by atoms with E-state index < -0.39 is 11.6 Å². The summed E-state index contributed by atoms with van der Waals surface area (Å²) in [6, 6.07) is 11.8. The largest absolute Gasteiger partial charge is 0.494 e. The summed E-state index contributed by atoms with van der Waals surface area (Å²) in [4.78, 5) is 26.6. The van der Waals surface area contributed by atoms with Gasteiger partial charge in [0, 0.05) is 19.0 Å². The Morgan fingerprint density at radius 1 is 1.00 bits per heavy atom. The van der Waals surface area contributed by atoms with Crippen molar-refractivity contribution in [2.45, 2.75) is 59.0 Å². The van der Waals surface area contributed by atoms with Crippen molar-refractivity contribution in [1.82, 2.24) is 10.2 Å². The summed E-state index contributed by atoms with van der Waals surface area (Å²) < 4.78 is 23.5. The second kappa shape index (κ2) is 13.2. The maximum atomic E-state index is 12.4. The monoisotopic (exact) mass is 538 g/mol. The van der Waals surface area contributed by atoms with E-state index in [0.717, 1.165) is 55.0 Å². The van der Waals surface area contributed by atoms with Crippen LogP contribution in [0.1, 0.15) is 52.0 Å². The molecule has 2 heterocycles. The molecule has 0 aliphatic carbocycles. The smallest absolute Gasteiger partial charge is 0.344 e. The highest BCUT2D eigenvalue weighted by Gasteiger charge is 2.24. The van der Waals surface area contributed by atoms with E-state index in [1.54, 1.807) is 0 Å². The minimum atomic E-state index is -0.587. The maximum absolute atomic E-state index is 12.4. The Bertz CT molecular complexity index is 1140. The van der Waals surface area contributed by atoms with Gasteiger partial charge in [-0.15, -0.1) is 0 Å². The van der Waals surface area contributed by atoms with Gasteiger partial charge >= 0.3 is 5.97 Å². The number of esters is 1. The zero-order chi connectivity index (χ0) is 27.8. The van der Waals surface area contributed by atoms with E-state index in [-0.39, 0.29) is 18.4 Å². The van der Waals surface area contributed by atoms with E-state index in [4.69, 9.17) is 18.9 Å². The molecule has 0 saturated carbocycles. The number of amides is 1. The summed E-state index contributed by atoms with van der Waals surface area (Å²) in [5, 5.41) is 2.87. The molecule has 0 spiro atoms. The fraction of sp³-hybridized carbons (Fsp3) is 0.548. The molecule has 2 saturated heterocycles. The zero-order valence-corrected chi connectivity index (χ0v) is 23.7.